The van der Waals surface area contributed by atoms with Crippen molar-refractivity contribution >= 4 is 17.5 Å². The number of aliphatic hydroxyl groups is 1. The van der Waals surface area contributed by atoms with Gasteiger partial charge in [-0.05, 0) is 24.3 Å². The molecule has 0 aromatic heterocycles. The molecule has 1 heterocycles. The zero-order chi connectivity index (χ0) is 14.5. The van der Waals surface area contributed by atoms with Gasteiger partial charge in [0.15, 0.2) is 0 Å². The number of hydrogen-bond donors (Lipinski definition) is 1. The molecule has 0 bridgehead atoms. The van der Waals surface area contributed by atoms with Crippen molar-refractivity contribution in [2.24, 2.45) is 0 Å². The van der Waals surface area contributed by atoms with Crippen molar-refractivity contribution < 1.29 is 19.4 Å². The van der Waals surface area contributed by atoms with Crippen molar-refractivity contribution in [1.82, 2.24) is 0 Å². The summed E-state index contributed by atoms with van der Waals surface area (Å²) in [5.74, 6) is 0. The third-order valence-electron chi connectivity index (χ3n) is 3.31. The van der Waals surface area contributed by atoms with Crippen molar-refractivity contribution in [3.05, 3.63) is 24.3 Å². The largest absolute Gasteiger partial charge is 0.441 e. The first kappa shape index (κ1) is 14.6. The normalized spacial score (nSPS) is 18.2. The number of carbonyl (C=O) groups excluding carboxylic acids is 1. The number of aliphatic hydroxyl groups excluding tert-OH is 1. The van der Waals surface area contributed by atoms with E-state index in [1.807, 2.05) is 31.3 Å². The first-order valence-corrected chi connectivity index (χ1v) is 6.55. The fourth-order valence-electron chi connectivity index (χ4n) is 2.07. The van der Waals surface area contributed by atoms with E-state index >= 15 is 0 Å². The average Bonchev–Trinajstić information content (AvgIpc) is 2.86. The Labute approximate surface area is 118 Å². The molecular formula is C14H20N2O4. The summed E-state index contributed by atoms with van der Waals surface area (Å²) in [7, 11) is 3.66. The third kappa shape index (κ3) is 3.20. The van der Waals surface area contributed by atoms with Gasteiger partial charge in [-0.2, -0.15) is 0 Å². The van der Waals surface area contributed by atoms with E-state index in [0.29, 0.717) is 13.2 Å². The molecule has 1 aromatic rings. The number of methoxy groups -OCH3 is 1. The lowest BCUT2D eigenvalue weighted by molar-refractivity contribution is 0.0963. The summed E-state index contributed by atoms with van der Waals surface area (Å²) in [5.41, 5.74) is 1.83. The molecule has 1 aliphatic heterocycles. The van der Waals surface area contributed by atoms with Crippen molar-refractivity contribution in [2.75, 3.05) is 50.3 Å². The lowest BCUT2D eigenvalue weighted by atomic mass is 10.2. The zero-order valence-electron chi connectivity index (χ0n) is 11.8. The molecule has 20 heavy (non-hydrogen) atoms. The van der Waals surface area contributed by atoms with Crippen LogP contribution in [-0.2, 0) is 9.47 Å². The highest BCUT2D eigenvalue weighted by atomic mass is 16.6. The molecule has 6 nitrogen and oxygen atoms in total. The fourth-order valence-corrected chi connectivity index (χ4v) is 2.07. The molecule has 0 radical (unpaired) electrons. The lowest BCUT2D eigenvalue weighted by Crippen LogP contribution is -2.25. The van der Waals surface area contributed by atoms with E-state index < -0.39 is 12.2 Å². The molecule has 1 fully saturated rings. The van der Waals surface area contributed by atoms with Crippen molar-refractivity contribution in [1.29, 1.82) is 0 Å². The first-order chi connectivity index (χ1) is 9.65. The molecule has 110 valence electrons. The van der Waals surface area contributed by atoms with Crippen LogP contribution in [-0.4, -0.2) is 57.8 Å². The van der Waals surface area contributed by atoms with Gasteiger partial charge in [0.25, 0.3) is 0 Å². The Morgan fingerprint density at radius 1 is 1.45 bits per heavy atom. The summed E-state index contributed by atoms with van der Waals surface area (Å²) in [6.07, 6.45) is -0.851. The Kier molecular flexibility index (Phi) is 4.81. The van der Waals surface area contributed by atoms with E-state index in [0.717, 1.165) is 17.9 Å². The highest BCUT2D eigenvalue weighted by Gasteiger charge is 2.31. The summed E-state index contributed by atoms with van der Waals surface area (Å²) in [6, 6.07) is 7.65. The molecule has 0 unspecified atom stereocenters. The molecule has 6 heteroatoms. The van der Waals surface area contributed by atoms with Crippen LogP contribution in [0.25, 0.3) is 0 Å². The van der Waals surface area contributed by atoms with Gasteiger partial charge in [-0.1, -0.05) is 0 Å². The number of amides is 1. The minimum atomic E-state index is -0.438. The SMILES string of the molecule is COCCN(C)c1ccc(N2C[C@H](CO)OC2=O)cc1. The van der Waals surface area contributed by atoms with Gasteiger partial charge in [-0.15, -0.1) is 0 Å². The summed E-state index contributed by atoms with van der Waals surface area (Å²) in [4.78, 5) is 15.3. The van der Waals surface area contributed by atoms with Crippen LogP contribution < -0.4 is 9.80 Å². The molecule has 0 aliphatic carbocycles. The minimum Gasteiger partial charge on any atom is -0.441 e. The van der Waals surface area contributed by atoms with E-state index in [1.165, 1.54) is 4.90 Å². The van der Waals surface area contributed by atoms with Crippen LogP contribution in [0.2, 0.25) is 0 Å². The maximum Gasteiger partial charge on any atom is 0.414 e. The number of hydrogen-bond acceptors (Lipinski definition) is 5. The maximum atomic E-state index is 11.7. The van der Waals surface area contributed by atoms with Gasteiger partial charge >= 0.3 is 6.09 Å². The Hall–Kier alpha value is -1.79. The van der Waals surface area contributed by atoms with Crippen LogP contribution in [0.4, 0.5) is 16.2 Å². The van der Waals surface area contributed by atoms with Crippen molar-refractivity contribution in [3.63, 3.8) is 0 Å². The van der Waals surface area contributed by atoms with E-state index in [1.54, 1.807) is 7.11 Å². The van der Waals surface area contributed by atoms with Crippen molar-refractivity contribution in [2.45, 2.75) is 6.10 Å². The average molecular weight is 280 g/mol. The number of anilines is 2. The van der Waals surface area contributed by atoms with Crippen LogP contribution in [0.5, 0.6) is 0 Å². The monoisotopic (exact) mass is 280 g/mol. The Morgan fingerprint density at radius 2 is 2.15 bits per heavy atom. The van der Waals surface area contributed by atoms with E-state index in [-0.39, 0.29) is 6.61 Å². The molecule has 1 N–H and O–H groups in total. The molecule has 1 amide bonds. The van der Waals surface area contributed by atoms with Crippen molar-refractivity contribution in [3.8, 4) is 0 Å². The highest BCUT2D eigenvalue weighted by molar-refractivity contribution is 5.89. The topological polar surface area (TPSA) is 62.2 Å². The van der Waals surface area contributed by atoms with Crippen LogP contribution in [0.15, 0.2) is 24.3 Å². The Morgan fingerprint density at radius 3 is 2.70 bits per heavy atom. The highest BCUT2D eigenvalue weighted by Crippen LogP contribution is 2.24. The molecule has 1 saturated heterocycles. The molecule has 2 rings (SSSR count). The van der Waals surface area contributed by atoms with Gasteiger partial charge < -0.3 is 19.5 Å². The van der Waals surface area contributed by atoms with Crippen LogP contribution in [0, 0.1) is 0 Å². The van der Waals surface area contributed by atoms with E-state index in [9.17, 15) is 4.79 Å². The lowest BCUT2D eigenvalue weighted by Gasteiger charge is -2.20. The Bertz CT molecular complexity index is 449. The fraction of sp³-hybridized carbons (Fsp3) is 0.500. The van der Waals surface area contributed by atoms with Gasteiger partial charge in [0.1, 0.15) is 6.10 Å². The van der Waals surface area contributed by atoms with Gasteiger partial charge in [0.2, 0.25) is 0 Å². The summed E-state index contributed by atoms with van der Waals surface area (Å²) in [6.45, 7) is 1.69. The number of rotatable bonds is 6. The van der Waals surface area contributed by atoms with E-state index in [4.69, 9.17) is 14.6 Å². The predicted octanol–water partition coefficient (Wildman–Crippen LogP) is 1.09. The van der Waals surface area contributed by atoms with Gasteiger partial charge in [-0.3, -0.25) is 4.90 Å². The van der Waals surface area contributed by atoms with Crippen LogP contribution in [0.3, 0.4) is 0 Å². The number of cyclic esters (lactones) is 1. The molecule has 1 aliphatic rings. The third-order valence-corrected chi connectivity index (χ3v) is 3.31. The molecule has 0 saturated carbocycles. The smallest absolute Gasteiger partial charge is 0.414 e. The maximum absolute atomic E-state index is 11.7. The van der Waals surface area contributed by atoms with Gasteiger partial charge in [-0.25, -0.2) is 4.79 Å². The first-order valence-electron chi connectivity index (χ1n) is 6.55. The number of carbonyl (C=O) groups is 1. The number of ether oxygens (including phenoxy) is 2. The number of likely N-dealkylation sites (N-methyl/N-ethyl adjacent to an activating group) is 1. The summed E-state index contributed by atoms with van der Waals surface area (Å²) in [5, 5.41) is 9.03. The minimum absolute atomic E-state index is 0.153. The quantitative estimate of drug-likeness (QED) is 0.845. The van der Waals surface area contributed by atoms with Crippen LogP contribution in [0.1, 0.15) is 0 Å². The van der Waals surface area contributed by atoms with E-state index in [2.05, 4.69) is 4.90 Å². The zero-order valence-corrected chi connectivity index (χ0v) is 11.8. The second kappa shape index (κ2) is 6.58. The summed E-state index contributed by atoms with van der Waals surface area (Å²) >= 11 is 0. The summed E-state index contributed by atoms with van der Waals surface area (Å²) < 4.78 is 10.1. The van der Waals surface area contributed by atoms with Crippen LogP contribution >= 0.6 is 0 Å². The standard InChI is InChI=1S/C14H20N2O4/c1-15(7-8-19-2)11-3-5-12(6-4-11)16-9-13(10-17)20-14(16)18/h3-6,13,17H,7-10H2,1-2H3/t13-/m1/s1. The number of benzene rings is 1. The second-order valence-corrected chi connectivity index (χ2v) is 4.73. The van der Waals surface area contributed by atoms with Gasteiger partial charge in [0.05, 0.1) is 19.8 Å². The predicted molar refractivity (Wildman–Crippen MR) is 76.3 cm³/mol. The number of nitrogens with zero attached hydrogens (tertiary/aromatic N) is 2. The molecule has 1 atom stereocenters. The molecular weight excluding hydrogens is 260 g/mol. The molecule has 0 spiro atoms. The Balaban J connectivity index is 2.03. The van der Waals surface area contributed by atoms with Gasteiger partial charge in [0, 0.05) is 32.1 Å². The second-order valence-electron chi connectivity index (χ2n) is 4.73. The molecule has 1 aromatic carbocycles.